The summed E-state index contributed by atoms with van der Waals surface area (Å²) in [4.78, 5) is 12.6. The molecule has 0 saturated heterocycles. The lowest BCUT2D eigenvalue weighted by Crippen LogP contribution is -2.52. The number of aliphatic hydroxyl groups excluding tert-OH is 3. The van der Waals surface area contributed by atoms with Crippen molar-refractivity contribution in [3.8, 4) is 0 Å². The van der Waals surface area contributed by atoms with Gasteiger partial charge in [0.25, 0.3) is 0 Å². The molecule has 26 heavy (non-hydrogen) atoms. The van der Waals surface area contributed by atoms with Crippen LogP contribution in [0.2, 0.25) is 0 Å². The first-order chi connectivity index (χ1) is 12.3. The van der Waals surface area contributed by atoms with Crippen LogP contribution in [0.15, 0.2) is 0 Å². The lowest BCUT2D eigenvalue weighted by Gasteiger charge is -2.55. The number of Topliss-reactive ketones (excluding diaryl/α,β-unsaturated/α-hetero) is 1. The van der Waals surface area contributed by atoms with Crippen LogP contribution in [-0.2, 0) is 4.79 Å². The first-order valence-corrected chi connectivity index (χ1v) is 11.3. The molecule has 0 bridgehead atoms. The SMILES string of the molecule is CC.CC1C2C[C@@H](Br)C(=O)[C@@]2(CO)CCC1[C@@]1(C)CC[C@H](O)C[C@@H]1CO. The number of ketones is 1. The van der Waals surface area contributed by atoms with Gasteiger partial charge in [0, 0.05) is 6.61 Å². The molecule has 3 N–H and O–H groups in total. The van der Waals surface area contributed by atoms with Crippen LogP contribution in [0.25, 0.3) is 0 Å². The maximum Gasteiger partial charge on any atom is 0.155 e. The summed E-state index contributed by atoms with van der Waals surface area (Å²) in [7, 11) is 0. The normalized spacial score (nSPS) is 48.5. The molecule has 0 aromatic heterocycles. The summed E-state index contributed by atoms with van der Waals surface area (Å²) in [5.41, 5.74) is -0.564. The number of hydrogen-bond acceptors (Lipinski definition) is 4. The van der Waals surface area contributed by atoms with E-state index in [0.717, 1.165) is 32.1 Å². The van der Waals surface area contributed by atoms with Gasteiger partial charge in [0.1, 0.15) is 0 Å². The van der Waals surface area contributed by atoms with Gasteiger partial charge in [-0.3, -0.25) is 4.79 Å². The minimum Gasteiger partial charge on any atom is -0.396 e. The van der Waals surface area contributed by atoms with E-state index < -0.39 is 5.41 Å². The number of carbonyl (C=O) groups is 1. The molecule has 0 aromatic carbocycles. The highest BCUT2D eigenvalue weighted by Gasteiger charge is 2.61. The van der Waals surface area contributed by atoms with Gasteiger partial charge >= 0.3 is 0 Å². The average molecular weight is 433 g/mol. The van der Waals surface area contributed by atoms with Crippen LogP contribution in [-0.4, -0.2) is 45.2 Å². The van der Waals surface area contributed by atoms with E-state index in [1.54, 1.807) is 0 Å². The zero-order valence-electron chi connectivity index (χ0n) is 16.7. The van der Waals surface area contributed by atoms with Crippen LogP contribution < -0.4 is 0 Å². The second-order valence-electron chi connectivity index (χ2n) is 8.81. The average Bonchev–Trinajstić information content (AvgIpc) is 2.91. The third-order valence-electron chi connectivity index (χ3n) is 7.97. The van der Waals surface area contributed by atoms with Gasteiger partial charge in [-0.25, -0.2) is 0 Å². The Morgan fingerprint density at radius 1 is 1.12 bits per heavy atom. The quantitative estimate of drug-likeness (QED) is 0.595. The summed E-state index contributed by atoms with van der Waals surface area (Å²) in [6.07, 6.45) is 4.58. The molecule has 0 radical (unpaired) electrons. The Morgan fingerprint density at radius 2 is 1.77 bits per heavy atom. The van der Waals surface area contributed by atoms with Crippen LogP contribution in [0.1, 0.15) is 66.2 Å². The van der Waals surface area contributed by atoms with E-state index in [-0.39, 0.29) is 47.2 Å². The Kier molecular flexibility index (Phi) is 7.37. The fourth-order valence-electron chi connectivity index (χ4n) is 6.41. The number of aliphatic hydroxyl groups is 3. The first kappa shape index (κ1) is 22.3. The van der Waals surface area contributed by atoms with Gasteiger partial charge in [-0.2, -0.15) is 0 Å². The molecular weight excluding hydrogens is 396 g/mol. The summed E-state index contributed by atoms with van der Waals surface area (Å²) in [6.45, 7) is 8.58. The van der Waals surface area contributed by atoms with E-state index in [1.807, 2.05) is 13.8 Å². The Morgan fingerprint density at radius 3 is 2.35 bits per heavy atom. The van der Waals surface area contributed by atoms with Crippen molar-refractivity contribution >= 4 is 21.7 Å². The topological polar surface area (TPSA) is 77.8 Å². The van der Waals surface area contributed by atoms with Gasteiger partial charge in [-0.1, -0.05) is 43.6 Å². The molecule has 0 aromatic rings. The molecule has 5 heteroatoms. The molecule has 3 aliphatic carbocycles. The van der Waals surface area contributed by atoms with Crippen LogP contribution in [0.3, 0.4) is 0 Å². The summed E-state index contributed by atoms with van der Waals surface area (Å²) >= 11 is 3.53. The van der Waals surface area contributed by atoms with Gasteiger partial charge < -0.3 is 15.3 Å². The Balaban J connectivity index is 0.00000117. The van der Waals surface area contributed by atoms with Crippen molar-refractivity contribution in [2.45, 2.75) is 77.2 Å². The number of halogens is 1. The van der Waals surface area contributed by atoms with Crippen LogP contribution in [0.5, 0.6) is 0 Å². The molecule has 8 atom stereocenters. The second-order valence-corrected chi connectivity index (χ2v) is 9.91. The minimum atomic E-state index is -0.566. The fourth-order valence-corrected chi connectivity index (χ4v) is 7.26. The Labute approximate surface area is 166 Å². The highest BCUT2D eigenvalue weighted by Crippen LogP contribution is 2.61. The number of alkyl halides is 1. The smallest absolute Gasteiger partial charge is 0.155 e. The number of rotatable bonds is 3. The molecule has 0 amide bonds. The molecular formula is C21H37BrO4. The predicted octanol–water partition coefficient (Wildman–Crippen LogP) is 3.55. The molecule has 152 valence electrons. The molecule has 3 fully saturated rings. The van der Waals surface area contributed by atoms with E-state index in [0.29, 0.717) is 18.3 Å². The summed E-state index contributed by atoms with van der Waals surface area (Å²) in [6, 6.07) is 0. The van der Waals surface area contributed by atoms with E-state index in [9.17, 15) is 20.1 Å². The van der Waals surface area contributed by atoms with Gasteiger partial charge in [0.15, 0.2) is 5.78 Å². The van der Waals surface area contributed by atoms with Crippen molar-refractivity contribution in [1.82, 2.24) is 0 Å². The van der Waals surface area contributed by atoms with Gasteiger partial charge in [0.2, 0.25) is 0 Å². The van der Waals surface area contributed by atoms with Crippen molar-refractivity contribution in [3.05, 3.63) is 0 Å². The van der Waals surface area contributed by atoms with Crippen molar-refractivity contribution in [3.63, 3.8) is 0 Å². The number of fused-ring (bicyclic) bond motifs is 1. The standard InChI is InChI=1S/C19H31BrO4.C2H6/c1-11-14(18(2)5-3-13(23)7-12(18)9-21)4-6-19(10-22)15(11)8-16(20)17(19)24;1-2/h11-16,21-23H,3-10H2,1-2H3;1-2H3/t11?,12-,13+,14?,15?,16-,18+,19-;/m1./s1. The highest BCUT2D eigenvalue weighted by atomic mass is 79.9. The van der Waals surface area contributed by atoms with Crippen molar-refractivity contribution in [2.24, 2.45) is 34.5 Å². The van der Waals surface area contributed by atoms with E-state index in [1.165, 1.54) is 0 Å². The predicted molar refractivity (Wildman–Crippen MR) is 107 cm³/mol. The van der Waals surface area contributed by atoms with Gasteiger partial charge in [-0.15, -0.1) is 0 Å². The Hall–Kier alpha value is 0.0300. The minimum absolute atomic E-state index is 0.00244. The van der Waals surface area contributed by atoms with Crippen molar-refractivity contribution < 1.29 is 20.1 Å². The molecule has 0 aliphatic heterocycles. The zero-order valence-corrected chi connectivity index (χ0v) is 18.3. The summed E-state index contributed by atoms with van der Waals surface area (Å²) < 4.78 is 0. The molecule has 3 unspecified atom stereocenters. The molecule has 3 aliphatic rings. The second kappa shape index (κ2) is 8.59. The van der Waals surface area contributed by atoms with E-state index in [4.69, 9.17) is 0 Å². The third-order valence-corrected chi connectivity index (χ3v) is 8.76. The largest absolute Gasteiger partial charge is 0.396 e. The molecule has 0 spiro atoms. The first-order valence-electron chi connectivity index (χ1n) is 10.4. The molecule has 3 saturated carbocycles. The van der Waals surface area contributed by atoms with Crippen LogP contribution >= 0.6 is 15.9 Å². The monoisotopic (exact) mass is 432 g/mol. The molecule has 4 nitrogen and oxygen atoms in total. The molecule has 3 rings (SSSR count). The lowest BCUT2D eigenvalue weighted by molar-refractivity contribution is -0.141. The van der Waals surface area contributed by atoms with Gasteiger partial charge in [0.05, 0.1) is 23.0 Å². The lowest BCUT2D eigenvalue weighted by atomic mass is 9.49. The maximum absolute atomic E-state index is 12.7. The molecule has 0 heterocycles. The van der Waals surface area contributed by atoms with Crippen LogP contribution in [0.4, 0.5) is 0 Å². The maximum atomic E-state index is 12.7. The number of hydrogen-bond donors (Lipinski definition) is 3. The van der Waals surface area contributed by atoms with Gasteiger partial charge in [-0.05, 0) is 67.6 Å². The summed E-state index contributed by atoms with van der Waals surface area (Å²) in [5.74, 6) is 1.28. The van der Waals surface area contributed by atoms with Crippen molar-refractivity contribution in [1.29, 1.82) is 0 Å². The van der Waals surface area contributed by atoms with Crippen LogP contribution in [0, 0.1) is 34.5 Å². The summed E-state index contributed by atoms with van der Waals surface area (Å²) in [5, 5.41) is 30.0. The highest BCUT2D eigenvalue weighted by molar-refractivity contribution is 9.10. The number of carbonyl (C=O) groups excluding carboxylic acids is 1. The van der Waals surface area contributed by atoms with E-state index in [2.05, 4.69) is 29.8 Å². The zero-order chi connectivity index (χ0) is 19.7. The van der Waals surface area contributed by atoms with Crippen molar-refractivity contribution in [2.75, 3.05) is 13.2 Å². The third kappa shape index (κ3) is 3.42. The Bertz CT molecular complexity index is 498. The van der Waals surface area contributed by atoms with E-state index >= 15 is 0 Å². The fraction of sp³-hybridized carbons (Fsp3) is 0.952.